The Labute approximate surface area is 81.0 Å². The lowest BCUT2D eigenvalue weighted by molar-refractivity contribution is 0.213. The van der Waals surface area contributed by atoms with Crippen molar-refractivity contribution in [3.05, 3.63) is 21.3 Å². The summed E-state index contributed by atoms with van der Waals surface area (Å²) in [4.78, 5) is 1.04. The van der Waals surface area contributed by atoms with Gasteiger partial charge in [0.1, 0.15) is 0 Å². The van der Waals surface area contributed by atoms with Crippen LogP contribution < -0.4 is 5.73 Å². The van der Waals surface area contributed by atoms with Crippen molar-refractivity contribution in [3.63, 3.8) is 0 Å². The van der Waals surface area contributed by atoms with E-state index in [0.29, 0.717) is 6.54 Å². The van der Waals surface area contributed by atoms with Gasteiger partial charge in [-0.05, 0) is 12.1 Å². The minimum Gasteiger partial charge on any atom is -0.395 e. The Hall–Kier alpha value is -0.0900. The number of aliphatic hydroxyl groups excluding tert-OH is 1. The molecule has 0 aliphatic carbocycles. The molecule has 0 saturated carbocycles. The highest BCUT2D eigenvalue weighted by atomic mass is 35.5. The van der Waals surface area contributed by atoms with E-state index in [-0.39, 0.29) is 12.0 Å². The van der Waals surface area contributed by atoms with E-state index in [1.54, 1.807) is 0 Å². The smallest absolute Gasteiger partial charge is 0.0931 e. The summed E-state index contributed by atoms with van der Waals surface area (Å²) in [5.74, 6) is 0. The number of thiophene rings is 1. The molecule has 0 amide bonds. The fourth-order valence-electron chi connectivity index (χ4n) is 0.882. The summed E-state index contributed by atoms with van der Waals surface area (Å²) in [6.07, 6.45) is 0. The van der Waals surface area contributed by atoms with Crippen LogP contribution in [0.5, 0.6) is 0 Å². The Morgan fingerprint density at radius 2 is 2.33 bits per heavy atom. The SMILES string of the molecule is CC(CN)(CO)c1ccc(Cl)s1. The molecule has 0 aromatic carbocycles. The van der Waals surface area contributed by atoms with Gasteiger partial charge < -0.3 is 10.8 Å². The zero-order chi connectivity index (χ0) is 9.19. The molecule has 1 unspecified atom stereocenters. The number of halogens is 1. The van der Waals surface area contributed by atoms with Crippen LogP contribution in [0.4, 0.5) is 0 Å². The average molecular weight is 206 g/mol. The third-order valence-corrected chi connectivity index (χ3v) is 3.50. The predicted octanol–water partition coefficient (Wildman–Crippen LogP) is 1.61. The van der Waals surface area contributed by atoms with E-state index in [9.17, 15) is 0 Å². The van der Waals surface area contributed by atoms with Crippen LogP contribution in [-0.4, -0.2) is 18.3 Å². The second kappa shape index (κ2) is 3.75. The van der Waals surface area contributed by atoms with Gasteiger partial charge in [0.25, 0.3) is 0 Å². The summed E-state index contributed by atoms with van der Waals surface area (Å²) in [6.45, 7) is 2.41. The van der Waals surface area contributed by atoms with Crippen molar-refractivity contribution < 1.29 is 5.11 Å². The Morgan fingerprint density at radius 1 is 1.67 bits per heavy atom. The van der Waals surface area contributed by atoms with Crippen LogP contribution in [0.2, 0.25) is 4.34 Å². The predicted molar refractivity (Wildman–Crippen MR) is 52.8 cm³/mol. The Balaban J connectivity index is 2.94. The van der Waals surface area contributed by atoms with E-state index in [1.807, 2.05) is 19.1 Å². The van der Waals surface area contributed by atoms with E-state index in [2.05, 4.69) is 0 Å². The van der Waals surface area contributed by atoms with Gasteiger partial charge in [-0.2, -0.15) is 0 Å². The highest BCUT2D eigenvalue weighted by Gasteiger charge is 2.25. The molecule has 0 fully saturated rings. The molecule has 1 atom stereocenters. The van der Waals surface area contributed by atoms with Crippen LogP contribution in [0, 0.1) is 0 Å². The molecule has 1 aromatic rings. The van der Waals surface area contributed by atoms with Gasteiger partial charge in [0.15, 0.2) is 0 Å². The Kier molecular flexibility index (Phi) is 3.12. The van der Waals surface area contributed by atoms with Gasteiger partial charge in [0.05, 0.1) is 10.9 Å². The number of rotatable bonds is 3. The summed E-state index contributed by atoms with van der Waals surface area (Å²) in [5, 5.41) is 9.13. The molecule has 1 heterocycles. The summed E-state index contributed by atoms with van der Waals surface area (Å²) >= 11 is 7.25. The van der Waals surface area contributed by atoms with Gasteiger partial charge >= 0.3 is 0 Å². The summed E-state index contributed by atoms with van der Waals surface area (Å²) in [5.41, 5.74) is 5.23. The molecule has 68 valence electrons. The van der Waals surface area contributed by atoms with Gasteiger partial charge in [0, 0.05) is 16.8 Å². The standard InChI is InChI=1S/C8H12ClNOS/c1-8(4-10,5-11)6-2-3-7(9)12-6/h2-3,11H,4-5,10H2,1H3. The highest BCUT2D eigenvalue weighted by molar-refractivity contribution is 7.16. The molecular weight excluding hydrogens is 194 g/mol. The van der Waals surface area contributed by atoms with Gasteiger partial charge in [0.2, 0.25) is 0 Å². The van der Waals surface area contributed by atoms with E-state index in [4.69, 9.17) is 22.4 Å². The first-order valence-corrected chi connectivity index (χ1v) is 4.88. The molecule has 4 heteroatoms. The molecule has 0 spiro atoms. The number of hydrogen-bond acceptors (Lipinski definition) is 3. The number of nitrogens with two attached hydrogens (primary N) is 1. The molecule has 0 saturated heterocycles. The monoisotopic (exact) mass is 205 g/mol. The van der Waals surface area contributed by atoms with E-state index >= 15 is 0 Å². The second-order valence-corrected chi connectivity index (χ2v) is 4.74. The van der Waals surface area contributed by atoms with Crippen LogP contribution in [-0.2, 0) is 5.41 Å². The van der Waals surface area contributed by atoms with Gasteiger partial charge in [-0.25, -0.2) is 0 Å². The summed E-state index contributed by atoms with van der Waals surface area (Å²) in [6, 6.07) is 3.74. The minimum atomic E-state index is -0.336. The number of hydrogen-bond donors (Lipinski definition) is 2. The zero-order valence-electron chi connectivity index (χ0n) is 6.88. The van der Waals surface area contributed by atoms with Gasteiger partial charge in [-0.1, -0.05) is 18.5 Å². The maximum Gasteiger partial charge on any atom is 0.0931 e. The van der Waals surface area contributed by atoms with E-state index in [0.717, 1.165) is 9.21 Å². The normalized spacial score (nSPS) is 16.0. The number of aliphatic hydroxyl groups is 1. The Bertz CT molecular complexity index is 257. The fraction of sp³-hybridized carbons (Fsp3) is 0.500. The first-order chi connectivity index (χ1) is 5.62. The van der Waals surface area contributed by atoms with Crippen molar-refractivity contribution >= 4 is 22.9 Å². The van der Waals surface area contributed by atoms with Crippen LogP contribution in [0.1, 0.15) is 11.8 Å². The molecule has 0 bridgehead atoms. The second-order valence-electron chi connectivity index (χ2n) is 3.03. The molecule has 1 aromatic heterocycles. The molecule has 3 N–H and O–H groups in total. The average Bonchev–Trinajstić information content (AvgIpc) is 2.51. The topological polar surface area (TPSA) is 46.2 Å². The summed E-state index contributed by atoms with van der Waals surface area (Å²) in [7, 11) is 0. The molecule has 2 nitrogen and oxygen atoms in total. The van der Waals surface area contributed by atoms with Crippen molar-refractivity contribution in [2.24, 2.45) is 5.73 Å². The van der Waals surface area contributed by atoms with E-state index in [1.165, 1.54) is 11.3 Å². The maximum atomic E-state index is 9.13. The minimum absolute atomic E-state index is 0.0559. The molecule has 12 heavy (non-hydrogen) atoms. The lowest BCUT2D eigenvalue weighted by Gasteiger charge is -2.23. The van der Waals surface area contributed by atoms with Crippen molar-refractivity contribution in [3.8, 4) is 0 Å². The van der Waals surface area contributed by atoms with Crippen molar-refractivity contribution in [1.29, 1.82) is 0 Å². The third-order valence-electron chi connectivity index (χ3n) is 1.97. The van der Waals surface area contributed by atoms with Crippen molar-refractivity contribution in [2.75, 3.05) is 13.2 Å². The molecule has 0 radical (unpaired) electrons. The maximum absolute atomic E-state index is 9.13. The highest BCUT2D eigenvalue weighted by Crippen LogP contribution is 2.31. The zero-order valence-corrected chi connectivity index (χ0v) is 8.45. The quantitative estimate of drug-likeness (QED) is 0.788. The van der Waals surface area contributed by atoms with Crippen molar-refractivity contribution in [1.82, 2.24) is 0 Å². The lowest BCUT2D eigenvalue weighted by atomic mass is 9.90. The first-order valence-electron chi connectivity index (χ1n) is 3.69. The van der Waals surface area contributed by atoms with Crippen LogP contribution in [0.3, 0.4) is 0 Å². The largest absolute Gasteiger partial charge is 0.395 e. The van der Waals surface area contributed by atoms with Crippen LogP contribution in [0.15, 0.2) is 12.1 Å². The van der Waals surface area contributed by atoms with Crippen LogP contribution in [0.25, 0.3) is 0 Å². The van der Waals surface area contributed by atoms with E-state index < -0.39 is 0 Å². The first kappa shape index (κ1) is 9.99. The summed E-state index contributed by atoms with van der Waals surface area (Å²) < 4.78 is 0.734. The van der Waals surface area contributed by atoms with Gasteiger partial charge in [-0.3, -0.25) is 0 Å². The molecule has 0 aliphatic rings. The molecule has 0 aliphatic heterocycles. The Morgan fingerprint density at radius 3 is 2.67 bits per heavy atom. The fourth-order valence-corrected chi connectivity index (χ4v) is 2.07. The molecular formula is C8H12ClNOS. The van der Waals surface area contributed by atoms with Crippen LogP contribution >= 0.6 is 22.9 Å². The van der Waals surface area contributed by atoms with Gasteiger partial charge in [-0.15, -0.1) is 11.3 Å². The third kappa shape index (κ3) is 1.80. The lowest BCUT2D eigenvalue weighted by Crippen LogP contribution is -2.34. The molecule has 1 rings (SSSR count). The van der Waals surface area contributed by atoms with Crippen molar-refractivity contribution in [2.45, 2.75) is 12.3 Å².